The molecule has 1 rings (SSSR count). The van der Waals surface area contributed by atoms with Crippen molar-refractivity contribution >= 4 is 22.6 Å². The van der Waals surface area contributed by atoms with Crippen molar-refractivity contribution in [3.63, 3.8) is 0 Å². The fourth-order valence-electron chi connectivity index (χ4n) is 1.65. The molecule has 0 aromatic heterocycles. The highest BCUT2D eigenvalue weighted by atomic mass is 35.5. The smallest absolute Gasteiger partial charge is 0.276 e. The Hall–Kier alpha value is 0.120. The van der Waals surface area contributed by atoms with Crippen molar-refractivity contribution in [1.29, 1.82) is 0 Å². The topological polar surface area (TPSA) is 70.2 Å². The van der Waals surface area contributed by atoms with Crippen LogP contribution in [0.25, 0.3) is 0 Å². The first-order valence-corrected chi connectivity index (χ1v) is 7.07. The van der Waals surface area contributed by atoms with E-state index in [4.69, 9.17) is 0 Å². The van der Waals surface area contributed by atoms with Crippen LogP contribution in [0, 0.1) is 5.92 Å². The third-order valence-electron chi connectivity index (χ3n) is 2.55. The van der Waals surface area contributed by atoms with E-state index < -0.39 is 10.2 Å². The Balaban J connectivity index is 0.00000225. The van der Waals surface area contributed by atoms with Gasteiger partial charge < -0.3 is 5.32 Å². The van der Waals surface area contributed by atoms with Crippen LogP contribution in [0.1, 0.15) is 26.2 Å². The largest absolute Gasteiger partial charge is 0.316 e. The SMILES string of the molecule is CCCNS(=O)(=O)NCCC1CCNC1.Cl. The summed E-state index contributed by atoms with van der Waals surface area (Å²) in [6, 6.07) is 0. The summed E-state index contributed by atoms with van der Waals surface area (Å²) in [5, 5.41) is 3.26. The van der Waals surface area contributed by atoms with Gasteiger partial charge in [-0.15, -0.1) is 12.4 Å². The number of hydrogen-bond donors (Lipinski definition) is 3. The molecule has 98 valence electrons. The molecule has 1 aliphatic rings. The maximum Gasteiger partial charge on any atom is 0.276 e. The monoisotopic (exact) mass is 271 g/mol. The van der Waals surface area contributed by atoms with Gasteiger partial charge in [0.25, 0.3) is 10.2 Å². The Bertz CT molecular complexity index is 266. The van der Waals surface area contributed by atoms with E-state index in [0.29, 0.717) is 19.0 Å². The highest BCUT2D eigenvalue weighted by Gasteiger charge is 2.15. The zero-order valence-corrected chi connectivity index (χ0v) is 11.3. The normalized spacial score (nSPS) is 20.7. The zero-order chi connectivity index (χ0) is 11.1. The second-order valence-electron chi connectivity index (χ2n) is 3.94. The van der Waals surface area contributed by atoms with Gasteiger partial charge in [0.15, 0.2) is 0 Å². The van der Waals surface area contributed by atoms with Gasteiger partial charge in [-0.1, -0.05) is 6.92 Å². The summed E-state index contributed by atoms with van der Waals surface area (Å²) in [5.74, 6) is 0.624. The average Bonchev–Trinajstić information content (AvgIpc) is 2.67. The molecule has 3 N–H and O–H groups in total. The van der Waals surface area contributed by atoms with E-state index in [-0.39, 0.29) is 12.4 Å². The van der Waals surface area contributed by atoms with Crippen LogP contribution >= 0.6 is 12.4 Å². The van der Waals surface area contributed by atoms with Crippen LogP contribution in [0.3, 0.4) is 0 Å². The second-order valence-corrected chi connectivity index (χ2v) is 5.52. The summed E-state index contributed by atoms with van der Waals surface area (Å²) >= 11 is 0. The third-order valence-corrected chi connectivity index (χ3v) is 3.72. The Labute approximate surface area is 104 Å². The van der Waals surface area contributed by atoms with Crippen LogP contribution in [0.5, 0.6) is 0 Å². The minimum atomic E-state index is -3.26. The molecule has 1 fully saturated rings. The van der Waals surface area contributed by atoms with Gasteiger partial charge in [0, 0.05) is 13.1 Å². The third kappa shape index (κ3) is 6.65. The van der Waals surface area contributed by atoms with Gasteiger partial charge in [0.1, 0.15) is 0 Å². The molecule has 16 heavy (non-hydrogen) atoms. The molecule has 7 heteroatoms. The highest BCUT2D eigenvalue weighted by molar-refractivity contribution is 7.87. The quantitative estimate of drug-likeness (QED) is 0.621. The molecule has 1 saturated heterocycles. The molecule has 0 saturated carbocycles. The standard InChI is InChI=1S/C9H21N3O2S.ClH/c1-2-5-11-15(13,14)12-7-4-9-3-6-10-8-9;/h9-12H,2-8H2,1H3;1H. The van der Waals surface area contributed by atoms with E-state index in [1.165, 1.54) is 0 Å². The van der Waals surface area contributed by atoms with E-state index in [2.05, 4.69) is 14.8 Å². The van der Waals surface area contributed by atoms with Gasteiger partial charge in [0.05, 0.1) is 0 Å². The number of hydrogen-bond acceptors (Lipinski definition) is 3. The van der Waals surface area contributed by atoms with Gasteiger partial charge in [-0.2, -0.15) is 8.42 Å². The van der Waals surface area contributed by atoms with Gasteiger partial charge in [-0.25, -0.2) is 9.44 Å². The zero-order valence-electron chi connectivity index (χ0n) is 9.66. The lowest BCUT2D eigenvalue weighted by atomic mass is 10.1. The Morgan fingerprint density at radius 3 is 2.56 bits per heavy atom. The molecule has 0 radical (unpaired) electrons. The molecular formula is C9H22ClN3O2S. The molecule has 0 bridgehead atoms. The predicted molar refractivity (Wildman–Crippen MR) is 68.1 cm³/mol. The number of halogens is 1. The number of rotatable bonds is 7. The molecule has 1 aliphatic heterocycles. The maximum atomic E-state index is 11.3. The molecule has 0 aromatic carbocycles. The summed E-state index contributed by atoms with van der Waals surface area (Å²) in [6.45, 7) is 5.05. The summed E-state index contributed by atoms with van der Waals surface area (Å²) in [6.07, 6.45) is 2.89. The minimum Gasteiger partial charge on any atom is -0.316 e. The van der Waals surface area contributed by atoms with Gasteiger partial charge >= 0.3 is 0 Å². The van der Waals surface area contributed by atoms with Crippen LogP contribution in [0.4, 0.5) is 0 Å². The van der Waals surface area contributed by atoms with Crippen molar-refractivity contribution in [3.8, 4) is 0 Å². The molecule has 0 amide bonds. The molecule has 0 aliphatic carbocycles. The minimum absolute atomic E-state index is 0. The van der Waals surface area contributed by atoms with Crippen LogP contribution in [0.15, 0.2) is 0 Å². The van der Waals surface area contributed by atoms with Gasteiger partial charge in [-0.05, 0) is 38.3 Å². The van der Waals surface area contributed by atoms with E-state index in [1.807, 2.05) is 6.92 Å². The average molecular weight is 272 g/mol. The fraction of sp³-hybridized carbons (Fsp3) is 1.00. The van der Waals surface area contributed by atoms with Gasteiger partial charge in [-0.3, -0.25) is 0 Å². The highest BCUT2D eigenvalue weighted by Crippen LogP contribution is 2.10. The Kier molecular flexibility index (Phi) is 8.31. The summed E-state index contributed by atoms with van der Waals surface area (Å²) in [7, 11) is -3.26. The molecule has 0 spiro atoms. The van der Waals surface area contributed by atoms with Crippen molar-refractivity contribution in [1.82, 2.24) is 14.8 Å². The summed E-state index contributed by atoms with van der Waals surface area (Å²) in [5.41, 5.74) is 0. The van der Waals surface area contributed by atoms with Crippen molar-refractivity contribution < 1.29 is 8.42 Å². The van der Waals surface area contributed by atoms with E-state index >= 15 is 0 Å². The van der Waals surface area contributed by atoms with E-state index in [0.717, 1.165) is 32.4 Å². The Morgan fingerprint density at radius 2 is 2.00 bits per heavy atom. The van der Waals surface area contributed by atoms with Crippen LogP contribution in [0.2, 0.25) is 0 Å². The number of nitrogens with one attached hydrogen (secondary N) is 3. The lowest BCUT2D eigenvalue weighted by Gasteiger charge is -2.10. The predicted octanol–water partition coefficient (Wildman–Crippen LogP) is 0.242. The van der Waals surface area contributed by atoms with Crippen molar-refractivity contribution in [2.45, 2.75) is 26.2 Å². The van der Waals surface area contributed by atoms with Crippen LogP contribution < -0.4 is 14.8 Å². The van der Waals surface area contributed by atoms with Crippen molar-refractivity contribution in [2.75, 3.05) is 26.2 Å². The first-order valence-electron chi connectivity index (χ1n) is 5.59. The first kappa shape index (κ1) is 16.1. The molecular weight excluding hydrogens is 250 g/mol. The molecule has 1 atom stereocenters. The van der Waals surface area contributed by atoms with E-state index in [9.17, 15) is 8.42 Å². The molecule has 5 nitrogen and oxygen atoms in total. The van der Waals surface area contributed by atoms with Crippen LogP contribution in [-0.4, -0.2) is 34.6 Å². The molecule has 1 unspecified atom stereocenters. The maximum absolute atomic E-state index is 11.3. The molecule has 0 aromatic rings. The lowest BCUT2D eigenvalue weighted by molar-refractivity contribution is 0.515. The first-order chi connectivity index (χ1) is 7.14. The van der Waals surface area contributed by atoms with Crippen molar-refractivity contribution in [2.24, 2.45) is 5.92 Å². The fourth-order valence-corrected chi connectivity index (χ4v) is 2.61. The Morgan fingerprint density at radius 1 is 1.31 bits per heavy atom. The van der Waals surface area contributed by atoms with Crippen LogP contribution in [-0.2, 0) is 10.2 Å². The summed E-state index contributed by atoms with van der Waals surface area (Å²) < 4.78 is 27.7. The molecule has 1 heterocycles. The lowest BCUT2D eigenvalue weighted by Crippen LogP contribution is -2.37. The van der Waals surface area contributed by atoms with E-state index in [1.54, 1.807) is 0 Å². The van der Waals surface area contributed by atoms with Crippen molar-refractivity contribution in [3.05, 3.63) is 0 Å². The summed E-state index contributed by atoms with van der Waals surface area (Å²) in [4.78, 5) is 0. The van der Waals surface area contributed by atoms with Gasteiger partial charge in [0.2, 0.25) is 0 Å². The second kappa shape index (κ2) is 8.25.